The van der Waals surface area contributed by atoms with Crippen LogP contribution >= 0.6 is 23.2 Å². The molecule has 0 amide bonds. The molecule has 0 aromatic heterocycles. The fourth-order valence-corrected chi connectivity index (χ4v) is 2.33. The molecule has 0 bridgehead atoms. The predicted molar refractivity (Wildman–Crippen MR) is 66.8 cm³/mol. The maximum absolute atomic E-state index is 13.6. The fourth-order valence-electron chi connectivity index (χ4n) is 1.73. The van der Waals surface area contributed by atoms with Gasteiger partial charge < -0.3 is 5.11 Å². The molecule has 0 aliphatic heterocycles. The maximum Gasteiger partial charge on any atom is 0.135 e. The average molecular weight is 307 g/mol. The second-order valence-corrected chi connectivity index (χ2v) is 4.64. The van der Waals surface area contributed by atoms with Crippen LogP contribution in [0.5, 0.6) is 0 Å². The third-order valence-corrected chi connectivity index (χ3v) is 3.25. The van der Waals surface area contributed by atoms with E-state index in [1.165, 1.54) is 18.2 Å². The summed E-state index contributed by atoms with van der Waals surface area (Å²) >= 11 is 11.7. The van der Waals surface area contributed by atoms with Crippen molar-refractivity contribution in [2.75, 3.05) is 0 Å². The van der Waals surface area contributed by atoms with E-state index in [9.17, 15) is 18.3 Å². The lowest BCUT2D eigenvalue weighted by Crippen LogP contribution is -2.08. The third kappa shape index (κ3) is 2.71. The highest BCUT2D eigenvalue weighted by Gasteiger charge is 2.24. The number of aliphatic hydroxyl groups excluding tert-OH is 1. The van der Waals surface area contributed by atoms with Crippen LogP contribution < -0.4 is 0 Å². The van der Waals surface area contributed by atoms with E-state index in [4.69, 9.17) is 23.2 Å². The number of benzene rings is 2. The van der Waals surface area contributed by atoms with Crippen LogP contribution in [0.1, 0.15) is 17.2 Å². The summed E-state index contributed by atoms with van der Waals surface area (Å²) in [5, 5.41) is 10.2. The first-order valence-electron chi connectivity index (χ1n) is 5.18. The SMILES string of the molecule is OC(c1c(F)cc(F)cc1F)c1c(Cl)cccc1Cl. The van der Waals surface area contributed by atoms with Gasteiger partial charge in [0.25, 0.3) is 0 Å². The summed E-state index contributed by atoms with van der Waals surface area (Å²) in [5.74, 6) is -3.49. The first kappa shape index (κ1) is 14.2. The second-order valence-electron chi connectivity index (χ2n) is 3.82. The molecule has 19 heavy (non-hydrogen) atoms. The summed E-state index contributed by atoms with van der Waals surface area (Å²) in [6.45, 7) is 0. The Kier molecular flexibility index (Phi) is 4.04. The van der Waals surface area contributed by atoms with Gasteiger partial charge in [0.2, 0.25) is 0 Å². The van der Waals surface area contributed by atoms with Crippen molar-refractivity contribution in [3.63, 3.8) is 0 Å². The number of aliphatic hydroxyl groups is 1. The van der Waals surface area contributed by atoms with Gasteiger partial charge >= 0.3 is 0 Å². The van der Waals surface area contributed by atoms with Crippen molar-refractivity contribution in [1.29, 1.82) is 0 Å². The Balaban J connectivity index is 2.60. The highest BCUT2D eigenvalue weighted by atomic mass is 35.5. The van der Waals surface area contributed by atoms with Gasteiger partial charge in [0.15, 0.2) is 0 Å². The van der Waals surface area contributed by atoms with Crippen molar-refractivity contribution in [3.8, 4) is 0 Å². The van der Waals surface area contributed by atoms with E-state index >= 15 is 0 Å². The standard InChI is InChI=1S/C13H7Cl2F3O/c14-7-2-1-3-8(15)11(7)13(19)12-9(17)4-6(16)5-10(12)18/h1-5,13,19H. The van der Waals surface area contributed by atoms with E-state index in [1.54, 1.807) is 0 Å². The second kappa shape index (κ2) is 5.41. The van der Waals surface area contributed by atoms with Crippen LogP contribution in [0, 0.1) is 17.5 Å². The minimum absolute atomic E-state index is 0.0322. The van der Waals surface area contributed by atoms with Gasteiger partial charge in [0.1, 0.15) is 23.6 Å². The molecule has 2 rings (SSSR count). The zero-order valence-corrected chi connectivity index (χ0v) is 10.8. The van der Waals surface area contributed by atoms with Crippen LogP contribution in [0.25, 0.3) is 0 Å². The van der Waals surface area contributed by atoms with Gasteiger partial charge in [0, 0.05) is 27.7 Å². The predicted octanol–water partition coefficient (Wildman–Crippen LogP) is 4.49. The fraction of sp³-hybridized carbons (Fsp3) is 0.0769. The Morgan fingerprint density at radius 2 is 1.37 bits per heavy atom. The Hall–Kier alpha value is -1.23. The molecule has 1 atom stereocenters. The third-order valence-electron chi connectivity index (χ3n) is 2.59. The van der Waals surface area contributed by atoms with Gasteiger partial charge in [-0.15, -0.1) is 0 Å². The van der Waals surface area contributed by atoms with Crippen LogP contribution in [0.3, 0.4) is 0 Å². The Morgan fingerprint density at radius 3 is 1.84 bits per heavy atom. The smallest absolute Gasteiger partial charge is 0.135 e. The molecule has 0 radical (unpaired) electrons. The van der Waals surface area contributed by atoms with Crippen LogP contribution in [-0.2, 0) is 0 Å². The lowest BCUT2D eigenvalue weighted by atomic mass is 10.00. The first-order chi connectivity index (χ1) is 8.91. The molecule has 1 nitrogen and oxygen atoms in total. The van der Waals surface area contributed by atoms with Crippen LogP contribution in [0.4, 0.5) is 13.2 Å². The van der Waals surface area contributed by atoms with Crippen molar-refractivity contribution < 1.29 is 18.3 Å². The van der Waals surface area contributed by atoms with Crippen LogP contribution in [0.2, 0.25) is 10.0 Å². The average Bonchev–Trinajstić information content (AvgIpc) is 2.26. The van der Waals surface area contributed by atoms with Gasteiger partial charge in [-0.1, -0.05) is 29.3 Å². The number of halogens is 5. The summed E-state index contributed by atoms with van der Waals surface area (Å²) in [7, 11) is 0. The highest BCUT2D eigenvalue weighted by molar-refractivity contribution is 6.36. The Morgan fingerprint density at radius 1 is 0.895 bits per heavy atom. The van der Waals surface area contributed by atoms with Crippen molar-refractivity contribution in [2.45, 2.75) is 6.10 Å². The Bertz CT molecular complexity index is 588. The zero-order chi connectivity index (χ0) is 14.2. The van der Waals surface area contributed by atoms with Crippen molar-refractivity contribution >= 4 is 23.2 Å². The molecular formula is C13H7Cl2F3O. The van der Waals surface area contributed by atoms with E-state index < -0.39 is 29.1 Å². The van der Waals surface area contributed by atoms with Crippen LogP contribution in [-0.4, -0.2) is 5.11 Å². The molecule has 0 saturated heterocycles. The lowest BCUT2D eigenvalue weighted by molar-refractivity contribution is 0.209. The van der Waals surface area contributed by atoms with Gasteiger partial charge in [0.05, 0.1) is 5.56 Å². The van der Waals surface area contributed by atoms with Crippen molar-refractivity contribution in [3.05, 3.63) is 69.0 Å². The molecule has 0 aliphatic rings. The number of rotatable bonds is 2. The summed E-state index contributed by atoms with van der Waals surface area (Å²) in [6, 6.07) is 5.33. The topological polar surface area (TPSA) is 20.2 Å². The van der Waals surface area contributed by atoms with Crippen molar-refractivity contribution in [1.82, 2.24) is 0 Å². The minimum atomic E-state index is -1.72. The largest absolute Gasteiger partial charge is 0.383 e. The van der Waals surface area contributed by atoms with E-state index in [0.717, 1.165) is 0 Å². The summed E-state index contributed by atoms with van der Waals surface area (Å²) in [6.07, 6.45) is -1.72. The summed E-state index contributed by atoms with van der Waals surface area (Å²) in [5.41, 5.74) is -0.730. The molecule has 100 valence electrons. The van der Waals surface area contributed by atoms with E-state index in [-0.39, 0.29) is 15.6 Å². The molecule has 1 N–H and O–H groups in total. The lowest BCUT2D eigenvalue weighted by Gasteiger charge is -2.16. The van der Waals surface area contributed by atoms with Crippen LogP contribution in [0.15, 0.2) is 30.3 Å². The normalized spacial score (nSPS) is 12.5. The molecule has 6 heteroatoms. The van der Waals surface area contributed by atoms with Gasteiger partial charge in [-0.2, -0.15) is 0 Å². The molecule has 0 heterocycles. The zero-order valence-electron chi connectivity index (χ0n) is 9.30. The first-order valence-corrected chi connectivity index (χ1v) is 5.94. The maximum atomic E-state index is 13.6. The molecular weight excluding hydrogens is 300 g/mol. The quantitative estimate of drug-likeness (QED) is 0.866. The monoisotopic (exact) mass is 306 g/mol. The van der Waals surface area contributed by atoms with E-state index in [2.05, 4.69) is 0 Å². The molecule has 2 aromatic rings. The molecule has 2 aromatic carbocycles. The highest BCUT2D eigenvalue weighted by Crippen LogP contribution is 2.36. The molecule has 0 aliphatic carbocycles. The summed E-state index contributed by atoms with van der Waals surface area (Å²) in [4.78, 5) is 0. The summed E-state index contributed by atoms with van der Waals surface area (Å²) < 4.78 is 40.0. The van der Waals surface area contributed by atoms with E-state index in [0.29, 0.717) is 12.1 Å². The minimum Gasteiger partial charge on any atom is -0.383 e. The molecule has 0 spiro atoms. The molecule has 0 saturated carbocycles. The van der Waals surface area contributed by atoms with Gasteiger partial charge in [-0.05, 0) is 12.1 Å². The van der Waals surface area contributed by atoms with E-state index in [1.807, 2.05) is 0 Å². The van der Waals surface area contributed by atoms with Gasteiger partial charge in [-0.3, -0.25) is 0 Å². The molecule has 1 unspecified atom stereocenters. The van der Waals surface area contributed by atoms with Gasteiger partial charge in [-0.25, -0.2) is 13.2 Å². The number of hydrogen-bond acceptors (Lipinski definition) is 1. The molecule has 0 fully saturated rings. The van der Waals surface area contributed by atoms with Crippen molar-refractivity contribution in [2.24, 2.45) is 0 Å². The Labute approximate surface area is 117 Å². The number of hydrogen-bond donors (Lipinski definition) is 1.